The average Bonchev–Trinajstić information content (AvgIpc) is 2.60. The third-order valence-corrected chi connectivity index (χ3v) is 4.54. The number of carbonyl (C=O) groups excluding carboxylic acids is 1. The van der Waals surface area contributed by atoms with Gasteiger partial charge in [0.25, 0.3) is 0 Å². The van der Waals surface area contributed by atoms with E-state index < -0.39 is 0 Å². The lowest BCUT2D eigenvalue weighted by atomic mass is 10.1. The minimum Gasteiger partial charge on any atom is -0.453 e. The van der Waals surface area contributed by atoms with Crippen molar-refractivity contribution in [1.29, 1.82) is 0 Å². The summed E-state index contributed by atoms with van der Waals surface area (Å²) in [4.78, 5) is 13.8. The maximum absolute atomic E-state index is 12.9. The van der Waals surface area contributed by atoms with Crippen molar-refractivity contribution < 1.29 is 13.9 Å². The summed E-state index contributed by atoms with van der Waals surface area (Å²) in [5, 5.41) is 0. The largest absolute Gasteiger partial charge is 0.453 e. The molecular formula is C19H21BrFNO2. The highest BCUT2D eigenvalue weighted by molar-refractivity contribution is 9.10. The summed E-state index contributed by atoms with van der Waals surface area (Å²) in [5.41, 5.74) is 2.10. The molecule has 0 aliphatic carbocycles. The highest BCUT2D eigenvalue weighted by Crippen LogP contribution is 2.23. The first kappa shape index (κ1) is 18.5. The first-order valence-corrected chi connectivity index (χ1v) is 8.65. The van der Waals surface area contributed by atoms with Crippen LogP contribution < -0.4 is 0 Å². The molecule has 0 N–H and O–H groups in total. The average molecular weight is 394 g/mol. The van der Waals surface area contributed by atoms with Crippen LogP contribution in [0.5, 0.6) is 0 Å². The smallest absolute Gasteiger partial charge is 0.409 e. The molecular weight excluding hydrogens is 373 g/mol. The molecule has 0 aliphatic heterocycles. The number of hydrogen-bond acceptors (Lipinski definition) is 2. The fourth-order valence-corrected chi connectivity index (χ4v) is 2.85. The molecule has 0 unspecified atom stereocenters. The van der Waals surface area contributed by atoms with Crippen LogP contribution >= 0.6 is 15.9 Å². The zero-order valence-corrected chi connectivity index (χ0v) is 15.4. The van der Waals surface area contributed by atoms with Crippen molar-refractivity contribution >= 4 is 22.0 Å². The van der Waals surface area contributed by atoms with Gasteiger partial charge in [-0.25, -0.2) is 9.18 Å². The second kappa shape index (κ2) is 8.83. The Bertz CT molecular complexity index is 658. The summed E-state index contributed by atoms with van der Waals surface area (Å²) >= 11 is 3.42. The maximum atomic E-state index is 12.9. The van der Waals surface area contributed by atoms with Gasteiger partial charge in [0.05, 0.1) is 13.2 Å². The molecule has 0 spiro atoms. The second-order valence-corrected chi connectivity index (χ2v) is 6.54. The van der Waals surface area contributed by atoms with E-state index in [9.17, 15) is 9.18 Å². The third kappa shape index (κ3) is 5.06. The number of ether oxygens (including phenoxy) is 1. The summed E-state index contributed by atoms with van der Waals surface area (Å²) < 4.78 is 18.9. The van der Waals surface area contributed by atoms with Gasteiger partial charge in [0, 0.05) is 11.0 Å². The van der Waals surface area contributed by atoms with Crippen LogP contribution in [-0.4, -0.2) is 24.6 Å². The number of aryl methyl sites for hydroxylation is 1. The van der Waals surface area contributed by atoms with Gasteiger partial charge in [-0.05, 0) is 55.2 Å². The van der Waals surface area contributed by atoms with Crippen LogP contribution in [0.3, 0.4) is 0 Å². The maximum Gasteiger partial charge on any atom is 0.409 e. The Morgan fingerprint density at radius 1 is 1.17 bits per heavy atom. The van der Waals surface area contributed by atoms with Gasteiger partial charge in [0.2, 0.25) is 0 Å². The minimum absolute atomic E-state index is 0.0845. The quantitative estimate of drug-likeness (QED) is 0.661. The van der Waals surface area contributed by atoms with Gasteiger partial charge >= 0.3 is 6.09 Å². The van der Waals surface area contributed by atoms with Crippen molar-refractivity contribution in [3.05, 3.63) is 69.9 Å². The van der Waals surface area contributed by atoms with Crippen molar-refractivity contribution in [2.45, 2.75) is 25.8 Å². The summed E-state index contributed by atoms with van der Waals surface area (Å²) in [7, 11) is 1.39. The van der Waals surface area contributed by atoms with Crippen LogP contribution in [0.25, 0.3) is 0 Å². The molecule has 128 valence electrons. The summed E-state index contributed by atoms with van der Waals surface area (Å²) in [6, 6.07) is 14.3. The van der Waals surface area contributed by atoms with Crippen LogP contribution in [0.15, 0.2) is 53.0 Å². The van der Waals surface area contributed by atoms with Crippen LogP contribution in [0.1, 0.15) is 30.5 Å². The zero-order chi connectivity index (χ0) is 17.5. The lowest BCUT2D eigenvalue weighted by Gasteiger charge is -2.28. The Kier molecular flexibility index (Phi) is 6.79. The lowest BCUT2D eigenvalue weighted by molar-refractivity contribution is 0.107. The summed E-state index contributed by atoms with van der Waals surface area (Å²) in [5.74, 6) is -0.237. The van der Waals surface area contributed by atoms with Crippen molar-refractivity contribution in [2.24, 2.45) is 0 Å². The minimum atomic E-state index is -0.343. The van der Waals surface area contributed by atoms with E-state index >= 15 is 0 Å². The molecule has 3 nitrogen and oxygen atoms in total. The fraction of sp³-hybridized carbons (Fsp3) is 0.316. The first-order chi connectivity index (χ1) is 11.5. The van der Waals surface area contributed by atoms with E-state index in [4.69, 9.17) is 4.74 Å². The monoisotopic (exact) mass is 393 g/mol. The predicted octanol–water partition coefficient (Wildman–Crippen LogP) is 5.35. The number of nitrogens with zero attached hydrogens (tertiary/aromatic N) is 1. The molecule has 0 aromatic heterocycles. The standard InChI is InChI=1S/C19H21BrFNO2/c1-14(16-7-9-17(20)10-8-16)22(19(23)24-2)13-3-4-15-5-11-18(21)12-6-15/h5-12,14H,3-4,13H2,1-2H3/t14-/m0/s1. The number of rotatable bonds is 6. The van der Waals surface area contributed by atoms with Crippen molar-refractivity contribution in [3.8, 4) is 0 Å². The predicted molar refractivity (Wildman–Crippen MR) is 96.4 cm³/mol. The fourth-order valence-electron chi connectivity index (χ4n) is 2.59. The third-order valence-electron chi connectivity index (χ3n) is 4.01. The van der Waals surface area contributed by atoms with Gasteiger partial charge in [-0.2, -0.15) is 0 Å². The molecule has 2 aromatic rings. The molecule has 0 heterocycles. The zero-order valence-electron chi connectivity index (χ0n) is 13.8. The molecule has 1 amide bonds. The molecule has 5 heteroatoms. The highest BCUT2D eigenvalue weighted by Gasteiger charge is 2.21. The Morgan fingerprint density at radius 3 is 2.38 bits per heavy atom. The van der Waals surface area contributed by atoms with Gasteiger partial charge in [-0.1, -0.05) is 40.2 Å². The number of benzene rings is 2. The molecule has 0 saturated carbocycles. The van der Waals surface area contributed by atoms with Crippen molar-refractivity contribution in [1.82, 2.24) is 4.90 Å². The van der Waals surface area contributed by atoms with Gasteiger partial charge in [-0.3, -0.25) is 0 Å². The summed E-state index contributed by atoms with van der Waals surface area (Å²) in [6.07, 6.45) is 1.21. The van der Waals surface area contributed by atoms with Gasteiger partial charge in [0.15, 0.2) is 0 Å². The normalized spacial score (nSPS) is 11.8. The second-order valence-electron chi connectivity index (χ2n) is 5.62. The van der Waals surface area contributed by atoms with E-state index in [0.717, 1.165) is 28.4 Å². The van der Waals surface area contributed by atoms with Crippen LogP contribution in [0.4, 0.5) is 9.18 Å². The Labute approximate surface area is 150 Å². The van der Waals surface area contributed by atoms with Crippen molar-refractivity contribution in [3.63, 3.8) is 0 Å². The van der Waals surface area contributed by atoms with E-state index in [1.165, 1.54) is 19.2 Å². The van der Waals surface area contributed by atoms with Crippen molar-refractivity contribution in [2.75, 3.05) is 13.7 Å². The number of hydrogen-bond donors (Lipinski definition) is 0. The van der Waals surface area contributed by atoms with Gasteiger partial charge < -0.3 is 9.64 Å². The Hall–Kier alpha value is -1.88. The van der Waals surface area contributed by atoms with Gasteiger partial charge in [0.1, 0.15) is 5.82 Å². The molecule has 1 atom stereocenters. The van der Waals surface area contributed by atoms with Gasteiger partial charge in [-0.15, -0.1) is 0 Å². The molecule has 0 saturated heterocycles. The van der Waals surface area contributed by atoms with Crippen LogP contribution in [-0.2, 0) is 11.2 Å². The first-order valence-electron chi connectivity index (χ1n) is 7.85. The topological polar surface area (TPSA) is 29.5 Å². The molecule has 0 radical (unpaired) electrons. The molecule has 0 bridgehead atoms. The molecule has 2 aromatic carbocycles. The molecule has 24 heavy (non-hydrogen) atoms. The highest BCUT2D eigenvalue weighted by atomic mass is 79.9. The van der Waals surface area contributed by atoms with E-state index in [1.807, 2.05) is 31.2 Å². The number of halogens is 2. The Morgan fingerprint density at radius 2 is 1.79 bits per heavy atom. The van der Waals surface area contributed by atoms with E-state index in [2.05, 4.69) is 15.9 Å². The lowest BCUT2D eigenvalue weighted by Crippen LogP contribution is -2.34. The van der Waals surface area contributed by atoms with Crippen LogP contribution in [0, 0.1) is 5.82 Å². The van der Waals surface area contributed by atoms with E-state index in [1.54, 1.807) is 17.0 Å². The van der Waals surface area contributed by atoms with Crippen LogP contribution in [0.2, 0.25) is 0 Å². The molecule has 0 fully saturated rings. The van der Waals surface area contributed by atoms with E-state index in [-0.39, 0.29) is 18.0 Å². The Balaban J connectivity index is 2.01. The SMILES string of the molecule is COC(=O)N(CCCc1ccc(F)cc1)[C@@H](C)c1ccc(Br)cc1. The molecule has 0 aliphatic rings. The summed E-state index contributed by atoms with van der Waals surface area (Å²) in [6.45, 7) is 2.55. The van der Waals surface area contributed by atoms with E-state index in [0.29, 0.717) is 6.54 Å². The number of methoxy groups -OCH3 is 1. The number of amides is 1. The number of carbonyl (C=O) groups is 1. The molecule has 2 rings (SSSR count).